The third kappa shape index (κ3) is 3.53. The van der Waals surface area contributed by atoms with Crippen molar-refractivity contribution in [1.82, 2.24) is 9.88 Å². The van der Waals surface area contributed by atoms with Crippen LogP contribution in [0.15, 0.2) is 12.3 Å². The number of carbonyl (C=O) groups is 1. The fraction of sp³-hybridized carbons (Fsp3) is 0.667. The molecule has 5 fully saturated rings. The van der Waals surface area contributed by atoms with Gasteiger partial charge in [0.2, 0.25) is 0 Å². The number of nitriles is 1. The topological polar surface area (TPSA) is 98.5 Å². The minimum absolute atomic E-state index is 0.0414. The molecule has 0 spiro atoms. The van der Waals surface area contributed by atoms with Crippen molar-refractivity contribution < 1.29 is 14.6 Å². The summed E-state index contributed by atoms with van der Waals surface area (Å²) in [4.78, 5) is 18.8. The SMILES string of the molecule is N#Cc1cnc(N[C@@H]2CCN(C(=O)O[C@H]3C4CC5CC3C[C@](O)(C5)C4)C2)c(Cl)c1. The highest BCUT2D eigenvalue weighted by molar-refractivity contribution is 6.33. The highest BCUT2D eigenvalue weighted by Crippen LogP contribution is 2.56. The van der Waals surface area contributed by atoms with Gasteiger partial charge in [0.15, 0.2) is 0 Å². The zero-order valence-corrected chi connectivity index (χ0v) is 16.9. The number of likely N-dealkylation sites (tertiary alicyclic amines) is 1. The van der Waals surface area contributed by atoms with Gasteiger partial charge < -0.3 is 20.1 Å². The Kier molecular flexibility index (Phi) is 4.60. The van der Waals surface area contributed by atoms with Crippen LogP contribution in [0.4, 0.5) is 10.6 Å². The number of ether oxygens (including phenoxy) is 1. The molecule has 4 bridgehead atoms. The summed E-state index contributed by atoms with van der Waals surface area (Å²) in [6.45, 7) is 1.16. The highest BCUT2D eigenvalue weighted by atomic mass is 35.5. The van der Waals surface area contributed by atoms with E-state index in [2.05, 4.69) is 10.3 Å². The van der Waals surface area contributed by atoms with E-state index in [-0.39, 0.29) is 18.2 Å². The van der Waals surface area contributed by atoms with Gasteiger partial charge in [-0.25, -0.2) is 9.78 Å². The standard InChI is InChI=1S/C21H25ClN4O3/c22-17-5-13(9-23)10-24-19(17)25-16-1-2-26(11-16)20(27)29-18-14-3-12-4-15(18)8-21(28,6-12)7-14/h5,10,12,14-16,18,28H,1-4,6-8,11H2,(H,24,25)/t12?,14?,15?,16-,18-,21-/m1/s1. The van der Waals surface area contributed by atoms with Gasteiger partial charge in [0.25, 0.3) is 0 Å². The highest BCUT2D eigenvalue weighted by Gasteiger charge is 2.56. The molecule has 6 rings (SSSR count). The van der Waals surface area contributed by atoms with Crippen molar-refractivity contribution in [1.29, 1.82) is 5.26 Å². The van der Waals surface area contributed by atoms with E-state index in [0.717, 1.165) is 38.5 Å². The molecule has 1 amide bonds. The Morgan fingerprint density at radius 1 is 1.38 bits per heavy atom. The van der Waals surface area contributed by atoms with E-state index in [0.29, 0.717) is 47.2 Å². The van der Waals surface area contributed by atoms with Gasteiger partial charge in [0.1, 0.15) is 18.0 Å². The Morgan fingerprint density at radius 2 is 2.14 bits per heavy atom. The first-order chi connectivity index (χ1) is 13.9. The Morgan fingerprint density at radius 3 is 2.79 bits per heavy atom. The lowest BCUT2D eigenvalue weighted by atomic mass is 9.53. The molecule has 1 aromatic heterocycles. The van der Waals surface area contributed by atoms with E-state index in [1.54, 1.807) is 11.0 Å². The van der Waals surface area contributed by atoms with Crippen molar-refractivity contribution in [3.8, 4) is 6.07 Å². The van der Waals surface area contributed by atoms with E-state index in [1.165, 1.54) is 6.20 Å². The molecule has 29 heavy (non-hydrogen) atoms. The molecule has 4 aliphatic carbocycles. The van der Waals surface area contributed by atoms with Crippen LogP contribution in [0.25, 0.3) is 0 Å². The molecule has 7 nitrogen and oxygen atoms in total. The second-order valence-electron chi connectivity index (χ2n) is 9.28. The summed E-state index contributed by atoms with van der Waals surface area (Å²) in [6.07, 6.45) is 6.57. The lowest BCUT2D eigenvalue weighted by Gasteiger charge is -2.57. The van der Waals surface area contributed by atoms with Gasteiger partial charge in [-0.05, 0) is 62.3 Å². The Hall–Kier alpha value is -2.04. The number of pyridine rings is 1. The van der Waals surface area contributed by atoms with Crippen molar-refractivity contribution in [2.75, 3.05) is 18.4 Å². The van der Waals surface area contributed by atoms with Crippen molar-refractivity contribution in [3.63, 3.8) is 0 Å². The number of nitrogens with zero attached hydrogens (tertiary/aromatic N) is 3. The predicted molar refractivity (Wildman–Crippen MR) is 106 cm³/mol. The lowest BCUT2D eigenvalue weighted by Crippen LogP contribution is -2.58. The van der Waals surface area contributed by atoms with Crippen molar-refractivity contribution in [3.05, 3.63) is 22.8 Å². The molecule has 2 N–H and O–H groups in total. The van der Waals surface area contributed by atoms with Crippen LogP contribution in [0.1, 0.15) is 44.1 Å². The fourth-order valence-corrected chi connectivity index (χ4v) is 6.38. The molecular weight excluding hydrogens is 392 g/mol. The molecule has 0 aromatic carbocycles. The van der Waals surface area contributed by atoms with Gasteiger partial charge in [-0.3, -0.25) is 0 Å². The number of aromatic nitrogens is 1. The second-order valence-corrected chi connectivity index (χ2v) is 9.69. The number of aliphatic hydroxyl groups is 1. The molecule has 5 aliphatic rings. The molecule has 1 aliphatic heterocycles. The quantitative estimate of drug-likeness (QED) is 0.785. The molecule has 3 atom stereocenters. The van der Waals surface area contributed by atoms with Gasteiger partial charge in [-0.15, -0.1) is 0 Å². The number of hydrogen-bond donors (Lipinski definition) is 2. The lowest BCUT2D eigenvalue weighted by molar-refractivity contribution is -0.177. The van der Waals surface area contributed by atoms with Gasteiger partial charge in [-0.2, -0.15) is 5.26 Å². The normalized spacial score (nSPS) is 37.4. The largest absolute Gasteiger partial charge is 0.446 e. The third-order valence-electron chi connectivity index (χ3n) is 7.15. The number of nitrogens with one attached hydrogen (secondary N) is 1. The van der Waals surface area contributed by atoms with Crippen LogP contribution in [-0.2, 0) is 4.74 Å². The number of halogens is 1. The zero-order chi connectivity index (χ0) is 20.2. The number of rotatable bonds is 3. The third-order valence-corrected chi connectivity index (χ3v) is 7.44. The average molecular weight is 417 g/mol. The zero-order valence-electron chi connectivity index (χ0n) is 16.2. The number of hydrogen-bond acceptors (Lipinski definition) is 6. The maximum Gasteiger partial charge on any atom is 0.410 e. The molecule has 0 radical (unpaired) electrons. The van der Waals surface area contributed by atoms with Crippen molar-refractivity contribution >= 4 is 23.5 Å². The fourth-order valence-electron chi connectivity index (χ4n) is 6.16. The van der Waals surface area contributed by atoms with E-state index in [9.17, 15) is 9.90 Å². The smallest absolute Gasteiger partial charge is 0.410 e. The minimum atomic E-state index is -0.518. The van der Waals surface area contributed by atoms with Gasteiger partial charge in [-0.1, -0.05) is 11.6 Å². The van der Waals surface area contributed by atoms with E-state index in [1.807, 2.05) is 6.07 Å². The van der Waals surface area contributed by atoms with Crippen molar-refractivity contribution in [2.24, 2.45) is 17.8 Å². The summed E-state index contributed by atoms with van der Waals surface area (Å²) in [7, 11) is 0. The predicted octanol–water partition coefficient (Wildman–Crippen LogP) is 3.17. The minimum Gasteiger partial charge on any atom is -0.446 e. The summed E-state index contributed by atoms with van der Waals surface area (Å²) < 4.78 is 5.98. The maximum absolute atomic E-state index is 12.8. The van der Waals surface area contributed by atoms with Gasteiger partial charge >= 0.3 is 6.09 Å². The summed E-state index contributed by atoms with van der Waals surface area (Å²) in [5.41, 5.74) is -0.104. The first-order valence-corrected chi connectivity index (χ1v) is 10.8. The molecule has 2 unspecified atom stereocenters. The van der Waals surface area contributed by atoms with Crippen LogP contribution in [0.5, 0.6) is 0 Å². The first kappa shape index (κ1) is 19.0. The van der Waals surface area contributed by atoms with Crippen LogP contribution in [0.2, 0.25) is 5.02 Å². The van der Waals surface area contributed by atoms with Crippen LogP contribution in [0, 0.1) is 29.1 Å². The van der Waals surface area contributed by atoms with E-state index in [4.69, 9.17) is 21.6 Å². The van der Waals surface area contributed by atoms with Crippen LogP contribution in [-0.4, -0.2) is 51.9 Å². The number of carbonyl (C=O) groups excluding carboxylic acids is 1. The molecule has 1 aromatic rings. The van der Waals surface area contributed by atoms with Crippen molar-refractivity contribution in [2.45, 2.75) is 56.3 Å². The molecule has 154 valence electrons. The second kappa shape index (κ2) is 7.03. The van der Waals surface area contributed by atoms with Crippen LogP contribution < -0.4 is 5.32 Å². The Bertz CT molecular complexity index is 856. The average Bonchev–Trinajstić information content (AvgIpc) is 3.13. The molecular formula is C21H25ClN4O3. The number of amides is 1. The van der Waals surface area contributed by atoms with Gasteiger partial charge in [0.05, 0.1) is 16.2 Å². The summed E-state index contributed by atoms with van der Waals surface area (Å²) in [6, 6.07) is 3.64. The molecule has 2 heterocycles. The van der Waals surface area contributed by atoms with E-state index < -0.39 is 5.60 Å². The van der Waals surface area contributed by atoms with Gasteiger partial charge in [0, 0.05) is 25.3 Å². The summed E-state index contributed by atoms with van der Waals surface area (Å²) in [5.74, 6) is 1.72. The Balaban J connectivity index is 1.18. The summed E-state index contributed by atoms with van der Waals surface area (Å²) in [5, 5.41) is 23.3. The first-order valence-electron chi connectivity index (χ1n) is 10.4. The Labute approximate surface area is 175 Å². The maximum atomic E-state index is 12.8. The van der Waals surface area contributed by atoms with Crippen LogP contribution >= 0.6 is 11.6 Å². The summed E-state index contributed by atoms with van der Waals surface area (Å²) >= 11 is 6.19. The van der Waals surface area contributed by atoms with E-state index >= 15 is 0 Å². The monoisotopic (exact) mass is 416 g/mol. The molecule has 4 saturated carbocycles. The molecule has 8 heteroatoms. The number of anilines is 1. The van der Waals surface area contributed by atoms with Crippen LogP contribution in [0.3, 0.4) is 0 Å². The molecule has 1 saturated heterocycles.